The number of rotatable bonds is 6. The molecule has 0 spiro atoms. The molecule has 0 fully saturated rings. The van der Waals surface area contributed by atoms with Gasteiger partial charge in [-0.15, -0.1) is 0 Å². The van der Waals surface area contributed by atoms with Gasteiger partial charge in [-0.05, 0) is 32.0 Å². The second kappa shape index (κ2) is 6.77. The van der Waals surface area contributed by atoms with Gasteiger partial charge in [-0.2, -0.15) is 5.26 Å². The van der Waals surface area contributed by atoms with E-state index >= 15 is 0 Å². The Hall–Kier alpha value is -1.73. The summed E-state index contributed by atoms with van der Waals surface area (Å²) in [6.07, 6.45) is 0. The minimum absolute atomic E-state index is 0.523. The summed E-state index contributed by atoms with van der Waals surface area (Å²) in [5, 5.41) is 8.81. The molecule has 0 aliphatic heterocycles. The van der Waals surface area contributed by atoms with Crippen LogP contribution in [0.4, 0.5) is 11.4 Å². The maximum Gasteiger partial charge on any atom is 0.101 e. The van der Waals surface area contributed by atoms with Crippen molar-refractivity contribution in [2.45, 2.75) is 13.8 Å². The Balaban J connectivity index is 2.75. The molecular weight excluding hydrogens is 214 g/mol. The zero-order valence-electron chi connectivity index (χ0n) is 10.4. The number of likely N-dealkylation sites (N-methyl/N-ethyl adjacent to an activating group) is 1. The van der Waals surface area contributed by atoms with Crippen LogP contribution in [0.1, 0.15) is 19.4 Å². The number of hydrogen-bond acceptors (Lipinski definition) is 4. The van der Waals surface area contributed by atoms with E-state index in [9.17, 15) is 0 Å². The highest BCUT2D eigenvalue weighted by Gasteiger charge is 2.06. The van der Waals surface area contributed by atoms with Gasteiger partial charge in [0.25, 0.3) is 0 Å². The number of benzene rings is 1. The summed E-state index contributed by atoms with van der Waals surface area (Å²) < 4.78 is 5.34. The minimum Gasteiger partial charge on any atom is -0.398 e. The third-order valence-corrected chi connectivity index (χ3v) is 2.61. The lowest BCUT2D eigenvalue weighted by molar-refractivity contribution is 0.154. The standard InChI is InChI=1S/C13H19N3O/c1-3-16(7-8-17-4-2)12-6-5-11(10-14)13(15)9-12/h5-6,9H,3-4,7-8,15H2,1-2H3. The molecule has 1 aromatic carbocycles. The molecule has 0 aliphatic rings. The number of anilines is 2. The third-order valence-electron chi connectivity index (χ3n) is 2.61. The van der Waals surface area contributed by atoms with Crippen molar-refractivity contribution in [3.63, 3.8) is 0 Å². The van der Waals surface area contributed by atoms with E-state index in [1.807, 2.05) is 19.1 Å². The van der Waals surface area contributed by atoms with Crippen LogP contribution in [0.2, 0.25) is 0 Å². The number of nitrogen functional groups attached to an aromatic ring is 1. The average Bonchev–Trinajstić information content (AvgIpc) is 2.35. The van der Waals surface area contributed by atoms with E-state index < -0.39 is 0 Å². The Morgan fingerprint density at radius 1 is 1.41 bits per heavy atom. The second-order valence-electron chi connectivity index (χ2n) is 3.66. The first-order valence-electron chi connectivity index (χ1n) is 5.85. The van der Waals surface area contributed by atoms with Gasteiger partial charge < -0.3 is 15.4 Å². The molecule has 0 radical (unpaired) electrons. The lowest BCUT2D eigenvalue weighted by Gasteiger charge is -2.23. The summed E-state index contributed by atoms with van der Waals surface area (Å²) in [6, 6.07) is 7.58. The van der Waals surface area contributed by atoms with Crippen molar-refractivity contribution in [3.8, 4) is 6.07 Å². The second-order valence-corrected chi connectivity index (χ2v) is 3.66. The van der Waals surface area contributed by atoms with Gasteiger partial charge in [0.2, 0.25) is 0 Å². The van der Waals surface area contributed by atoms with Crippen molar-refractivity contribution < 1.29 is 4.74 Å². The maximum atomic E-state index is 8.81. The quantitative estimate of drug-likeness (QED) is 0.603. The number of hydrogen-bond donors (Lipinski definition) is 1. The van der Waals surface area contributed by atoms with E-state index in [1.165, 1.54) is 0 Å². The predicted molar refractivity (Wildman–Crippen MR) is 69.9 cm³/mol. The topological polar surface area (TPSA) is 62.3 Å². The molecule has 0 heterocycles. The average molecular weight is 233 g/mol. The van der Waals surface area contributed by atoms with Crippen LogP contribution in [0.3, 0.4) is 0 Å². The van der Waals surface area contributed by atoms with Crippen LogP contribution in [-0.2, 0) is 4.74 Å². The highest BCUT2D eigenvalue weighted by molar-refractivity contribution is 5.63. The van der Waals surface area contributed by atoms with Gasteiger partial charge in [0.15, 0.2) is 0 Å². The molecule has 0 atom stereocenters. The molecule has 1 aromatic rings. The molecule has 2 N–H and O–H groups in total. The lowest BCUT2D eigenvalue weighted by Crippen LogP contribution is -2.27. The summed E-state index contributed by atoms with van der Waals surface area (Å²) >= 11 is 0. The van der Waals surface area contributed by atoms with E-state index in [0.29, 0.717) is 17.9 Å². The Kier molecular flexibility index (Phi) is 5.31. The number of nitrogens with two attached hydrogens (primary N) is 1. The van der Waals surface area contributed by atoms with Crippen molar-refractivity contribution in [1.82, 2.24) is 0 Å². The molecule has 0 saturated heterocycles. The van der Waals surface area contributed by atoms with Gasteiger partial charge in [0.1, 0.15) is 6.07 Å². The van der Waals surface area contributed by atoms with Crippen LogP contribution in [-0.4, -0.2) is 26.3 Å². The molecule has 0 unspecified atom stereocenters. The number of nitriles is 1. The first-order chi connectivity index (χ1) is 8.22. The maximum absolute atomic E-state index is 8.81. The largest absolute Gasteiger partial charge is 0.398 e. The highest BCUT2D eigenvalue weighted by Crippen LogP contribution is 2.20. The van der Waals surface area contributed by atoms with Crippen LogP contribution in [0.5, 0.6) is 0 Å². The van der Waals surface area contributed by atoms with Crippen LogP contribution < -0.4 is 10.6 Å². The van der Waals surface area contributed by atoms with Crippen molar-refractivity contribution in [3.05, 3.63) is 23.8 Å². The smallest absolute Gasteiger partial charge is 0.101 e. The van der Waals surface area contributed by atoms with Gasteiger partial charge in [-0.25, -0.2) is 0 Å². The third kappa shape index (κ3) is 3.65. The summed E-state index contributed by atoms with van der Waals surface area (Å²) in [5.74, 6) is 0. The molecule has 4 nitrogen and oxygen atoms in total. The zero-order valence-corrected chi connectivity index (χ0v) is 10.4. The monoisotopic (exact) mass is 233 g/mol. The Bertz CT molecular complexity index is 398. The fraction of sp³-hybridized carbons (Fsp3) is 0.462. The van der Waals surface area contributed by atoms with E-state index in [4.69, 9.17) is 15.7 Å². The lowest BCUT2D eigenvalue weighted by atomic mass is 10.1. The van der Waals surface area contributed by atoms with E-state index in [2.05, 4.69) is 17.9 Å². The van der Waals surface area contributed by atoms with Crippen molar-refractivity contribution in [2.24, 2.45) is 0 Å². The normalized spacial score (nSPS) is 9.94. The van der Waals surface area contributed by atoms with Crippen molar-refractivity contribution >= 4 is 11.4 Å². The van der Waals surface area contributed by atoms with Crippen LogP contribution in [0, 0.1) is 11.3 Å². The molecule has 0 aliphatic carbocycles. The molecule has 0 saturated carbocycles. The first-order valence-corrected chi connectivity index (χ1v) is 5.85. The predicted octanol–water partition coefficient (Wildman–Crippen LogP) is 2.00. The fourth-order valence-corrected chi connectivity index (χ4v) is 1.64. The van der Waals surface area contributed by atoms with Crippen molar-refractivity contribution in [1.29, 1.82) is 5.26 Å². The summed E-state index contributed by atoms with van der Waals surface area (Å²) in [6.45, 7) is 7.21. The van der Waals surface area contributed by atoms with E-state index in [1.54, 1.807) is 6.07 Å². The molecule has 0 bridgehead atoms. The van der Waals surface area contributed by atoms with Gasteiger partial charge in [0, 0.05) is 25.4 Å². The summed E-state index contributed by atoms with van der Waals surface area (Å²) in [7, 11) is 0. The fourth-order valence-electron chi connectivity index (χ4n) is 1.64. The Morgan fingerprint density at radius 3 is 2.71 bits per heavy atom. The van der Waals surface area contributed by atoms with E-state index in [0.717, 1.165) is 25.4 Å². The Labute approximate surface area is 103 Å². The van der Waals surface area contributed by atoms with Gasteiger partial charge in [-0.1, -0.05) is 0 Å². The molecule has 1 rings (SSSR count). The highest BCUT2D eigenvalue weighted by atomic mass is 16.5. The van der Waals surface area contributed by atoms with Crippen LogP contribution >= 0.6 is 0 Å². The Morgan fingerprint density at radius 2 is 2.18 bits per heavy atom. The first kappa shape index (κ1) is 13.3. The molecule has 4 heteroatoms. The zero-order chi connectivity index (χ0) is 12.7. The molecule has 92 valence electrons. The molecule has 17 heavy (non-hydrogen) atoms. The molecular formula is C13H19N3O. The minimum atomic E-state index is 0.523. The van der Waals surface area contributed by atoms with E-state index in [-0.39, 0.29) is 0 Å². The summed E-state index contributed by atoms with van der Waals surface area (Å²) in [4.78, 5) is 2.17. The molecule has 0 aromatic heterocycles. The van der Waals surface area contributed by atoms with Crippen LogP contribution in [0.15, 0.2) is 18.2 Å². The van der Waals surface area contributed by atoms with Gasteiger partial charge in [0.05, 0.1) is 17.9 Å². The van der Waals surface area contributed by atoms with Crippen molar-refractivity contribution in [2.75, 3.05) is 36.9 Å². The summed E-state index contributed by atoms with van der Waals surface area (Å²) in [5.41, 5.74) is 7.88. The SMILES string of the molecule is CCOCCN(CC)c1ccc(C#N)c(N)c1. The van der Waals surface area contributed by atoms with Gasteiger partial charge in [-0.3, -0.25) is 0 Å². The molecule has 0 amide bonds. The number of nitrogens with zero attached hydrogens (tertiary/aromatic N) is 2. The van der Waals surface area contributed by atoms with Crippen LogP contribution in [0.25, 0.3) is 0 Å². The number of ether oxygens (including phenoxy) is 1. The van der Waals surface area contributed by atoms with Gasteiger partial charge >= 0.3 is 0 Å².